The molecule has 3 aromatic rings. The van der Waals surface area contributed by atoms with Gasteiger partial charge in [-0.05, 0) is 43.4 Å². The Balaban J connectivity index is 1.37. The fourth-order valence-corrected chi connectivity index (χ4v) is 3.45. The van der Waals surface area contributed by atoms with Gasteiger partial charge in [-0.2, -0.15) is 0 Å². The van der Waals surface area contributed by atoms with Crippen molar-refractivity contribution in [3.05, 3.63) is 71.9 Å². The normalized spacial score (nSPS) is 14.5. The monoisotopic (exact) mass is 376 g/mol. The van der Waals surface area contributed by atoms with Gasteiger partial charge in [0.2, 0.25) is 5.91 Å². The van der Waals surface area contributed by atoms with Crippen LogP contribution in [0.15, 0.2) is 65.2 Å². The van der Waals surface area contributed by atoms with Crippen LogP contribution in [-0.2, 0) is 16.6 Å². The van der Waals surface area contributed by atoms with Crippen LogP contribution in [0.4, 0.5) is 0 Å². The third-order valence-electron chi connectivity index (χ3n) is 5.31. The van der Waals surface area contributed by atoms with Gasteiger partial charge in [0, 0.05) is 18.2 Å². The predicted molar refractivity (Wildman–Crippen MR) is 107 cm³/mol. The second kappa shape index (κ2) is 7.89. The molecule has 1 aliphatic rings. The van der Waals surface area contributed by atoms with Crippen LogP contribution >= 0.6 is 0 Å². The zero-order valence-corrected chi connectivity index (χ0v) is 16.0. The Morgan fingerprint density at radius 1 is 1.14 bits per heavy atom. The van der Waals surface area contributed by atoms with E-state index in [4.69, 9.17) is 9.26 Å². The van der Waals surface area contributed by atoms with Crippen LogP contribution in [0.2, 0.25) is 0 Å². The van der Waals surface area contributed by atoms with Crippen molar-refractivity contribution in [1.29, 1.82) is 0 Å². The molecule has 0 bridgehead atoms. The Kier molecular flexibility index (Phi) is 5.15. The number of carbonyl (C=O) groups is 1. The van der Waals surface area contributed by atoms with Crippen molar-refractivity contribution < 1.29 is 14.1 Å². The molecule has 1 N–H and O–H groups in total. The Morgan fingerprint density at radius 2 is 1.96 bits per heavy atom. The van der Waals surface area contributed by atoms with E-state index in [2.05, 4.69) is 22.6 Å². The van der Waals surface area contributed by atoms with E-state index in [9.17, 15) is 4.79 Å². The summed E-state index contributed by atoms with van der Waals surface area (Å²) in [5.74, 6) is 1.45. The third-order valence-corrected chi connectivity index (χ3v) is 5.31. The largest absolute Gasteiger partial charge is 0.497 e. The van der Waals surface area contributed by atoms with Gasteiger partial charge in [-0.15, -0.1) is 0 Å². The summed E-state index contributed by atoms with van der Waals surface area (Å²) in [4.78, 5) is 12.8. The first-order valence-corrected chi connectivity index (χ1v) is 9.65. The van der Waals surface area contributed by atoms with Crippen LogP contribution in [0.25, 0.3) is 11.3 Å². The first-order valence-electron chi connectivity index (χ1n) is 9.65. The van der Waals surface area contributed by atoms with Crippen molar-refractivity contribution in [1.82, 2.24) is 10.5 Å². The highest BCUT2D eigenvalue weighted by molar-refractivity contribution is 5.91. The highest BCUT2D eigenvalue weighted by Gasteiger charge is 2.53. The minimum atomic E-state index is -0.534. The minimum Gasteiger partial charge on any atom is -0.497 e. The summed E-state index contributed by atoms with van der Waals surface area (Å²) in [6.45, 7) is 0.663. The van der Waals surface area contributed by atoms with Crippen LogP contribution in [0.5, 0.6) is 5.75 Å². The molecule has 1 fully saturated rings. The number of rotatable bonds is 8. The van der Waals surface area contributed by atoms with Gasteiger partial charge in [-0.1, -0.05) is 47.6 Å². The molecular formula is C23H24N2O3. The SMILES string of the molecule is COc1cccc(-c2cc(C3(C(=O)NCCCc4ccccc4)CC3)no2)c1. The second-order valence-corrected chi connectivity index (χ2v) is 7.24. The van der Waals surface area contributed by atoms with Crippen molar-refractivity contribution in [2.75, 3.05) is 13.7 Å². The summed E-state index contributed by atoms with van der Waals surface area (Å²) in [6, 6.07) is 19.8. The van der Waals surface area contributed by atoms with Gasteiger partial charge in [0.05, 0.1) is 18.2 Å². The summed E-state index contributed by atoms with van der Waals surface area (Å²) >= 11 is 0. The number of aryl methyl sites for hydroxylation is 1. The van der Waals surface area contributed by atoms with E-state index >= 15 is 0 Å². The predicted octanol–water partition coefficient (Wildman–Crippen LogP) is 4.13. The molecule has 0 saturated heterocycles. The maximum absolute atomic E-state index is 12.8. The standard InChI is InChI=1S/C23H24N2O3/c1-27-19-11-5-10-18(15-19)20-16-21(25-28-20)23(12-13-23)22(26)24-14-6-9-17-7-3-2-4-8-17/h2-5,7-8,10-11,15-16H,6,9,12-14H2,1H3,(H,24,26). The first-order chi connectivity index (χ1) is 13.7. The molecule has 0 spiro atoms. The average molecular weight is 376 g/mol. The molecule has 4 rings (SSSR count). The number of aromatic nitrogens is 1. The molecule has 0 atom stereocenters. The van der Waals surface area contributed by atoms with Crippen molar-refractivity contribution in [3.63, 3.8) is 0 Å². The van der Waals surface area contributed by atoms with Gasteiger partial charge >= 0.3 is 0 Å². The molecular weight excluding hydrogens is 352 g/mol. The van der Waals surface area contributed by atoms with Crippen molar-refractivity contribution in [3.8, 4) is 17.1 Å². The topological polar surface area (TPSA) is 64.4 Å². The molecule has 0 unspecified atom stereocenters. The van der Waals surface area contributed by atoms with Gasteiger partial charge < -0.3 is 14.6 Å². The molecule has 1 heterocycles. The Bertz CT molecular complexity index is 945. The lowest BCUT2D eigenvalue weighted by Crippen LogP contribution is -2.35. The molecule has 0 radical (unpaired) electrons. The van der Waals surface area contributed by atoms with E-state index < -0.39 is 5.41 Å². The van der Waals surface area contributed by atoms with Crippen LogP contribution in [-0.4, -0.2) is 24.7 Å². The maximum Gasteiger partial charge on any atom is 0.232 e. The molecule has 1 aromatic heterocycles. The van der Waals surface area contributed by atoms with Crippen LogP contribution in [0.3, 0.4) is 0 Å². The fourth-order valence-electron chi connectivity index (χ4n) is 3.45. The zero-order chi connectivity index (χ0) is 19.4. The lowest BCUT2D eigenvalue weighted by Gasteiger charge is -2.12. The number of hydrogen-bond acceptors (Lipinski definition) is 4. The third kappa shape index (κ3) is 3.79. The molecule has 1 amide bonds. The first kappa shape index (κ1) is 18.3. The molecule has 1 aliphatic carbocycles. The van der Waals surface area contributed by atoms with E-state index in [0.29, 0.717) is 18.0 Å². The van der Waals surface area contributed by atoms with Crippen molar-refractivity contribution >= 4 is 5.91 Å². The van der Waals surface area contributed by atoms with Gasteiger partial charge in [0.25, 0.3) is 0 Å². The summed E-state index contributed by atoms with van der Waals surface area (Å²) < 4.78 is 10.8. The number of nitrogens with one attached hydrogen (secondary N) is 1. The van der Waals surface area contributed by atoms with Crippen molar-refractivity contribution in [2.24, 2.45) is 0 Å². The number of hydrogen-bond donors (Lipinski definition) is 1. The van der Waals surface area contributed by atoms with E-state index in [1.54, 1.807) is 7.11 Å². The van der Waals surface area contributed by atoms with Gasteiger partial charge in [0.1, 0.15) is 5.75 Å². The highest BCUT2D eigenvalue weighted by Crippen LogP contribution is 2.48. The van der Waals surface area contributed by atoms with Crippen LogP contribution in [0, 0.1) is 0 Å². The number of methoxy groups -OCH3 is 1. The van der Waals surface area contributed by atoms with E-state index in [1.165, 1.54) is 5.56 Å². The zero-order valence-electron chi connectivity index (χ0n) is 16.0. The number of nitrogens with zero attached hydrogens (tertiary/aromatic N) is 1. The minimum absolute atomic E-state index is 0.0473. The van der Waals surface area contributed by atoms with E-state index in [0.717, 1.165) is 37.0 Å². The van der Waals surface area contributed by atoms with Gasteiger partial charge in [-0.3, -0.25) is 4.79 Å². The Labute approximate surface area is 164 Å². The fraction of sp³-hybridized carbons (Fsp3) is 0.304. The van der Waals surface area contributed by atoms with Crippen molar-refractivity contribution in [2.45, 2.75) is 31.1 Å². The quantitative estimate of drug-likeness (QED) is 0.601. The molecule has 0 aliphatic heterocycles. The maximum atomic E-state index is 12.8. The number of ether oxygens (including phenoxy) is 1. The van der Waals surface area contributed by atoms with Gasteiger partial charge in [-0.25, -0.2) is 0 Å². The summed E-state index contributed by atoms with van der Waals surface area (Å²) in [5, 5.41) is 7.28. The van der Waals surface area contributed by atoms with Gasteiger partial charge in [0.15, 0.2) is 5.76 Å². The highest BCUT2D eigenvalue weighted by atomic mass is 16.5. The molecule has 144 valence electrons. The number of amides is 1. The molecule has 1 saturated carbocycles. The molecule has 28 heavy (non-hydrogen) atoms. The second-order valence-electron chi connectivity index (χ2n) is 7.24. The lowest BCUT2D eigenvalue weighted by atomic mass is 10.00. The number of carbonyl (C=O) groups excluding carboxylic acids is 1. The average Bonchev–Trinajstić information content (AvgIpc) is 3.41. The number of benzene rings is 2. The smallest absolute Gasteiger partial charge is 0.232 e. The molecule has 2 aromatic carbocycles. The van der Waals surface area contributed by atoms with Crippen LogP contribution in [0.1, 0.15) is 30.5 Å². The molecule has 5 nitrogen and oxygen atoms in total. The summed E-state index contributed by atoms with van der Waals surface area (Å²) in [7, 11) is 1.63. The molecule has 5 heteroatoms. The Morgan fingerprint density at radius 3 is 2.71 bits per heavy atom. The Hall–Kier alpha value is -3.08. The van der Waals surface area contributed by atoms with E-state index in [-0.39, 0.29) is 5.91 Å². The summed E-state index contributed by atoms with van der Waals surface area (Å²) in [6.07, 6.45) is 3.49. The van der Waals surface area contributed by atoms with E-state index in [1.807, 2.05) is 48.5 Å². The summed E-state index contributed by atoms with van der Waals surface area (Å²) in [5.41, 5.74) is 2.35. The lowest BCUT2D eigenvalue weighted by molar-refractivity contribution is -0.123. The van der Waals surface area contributed by atoms with Crippen LogP contribution < -0.4 is 10.1 Å².